The van der Waals surface area contributed by atoms with E-state index in [0.717, 1.165) is 12.8 Å². The number of ether oxygens (including phenoxy) is 1. The van der Waals surface area contributed by atoms with E-state index in [9.17, 15) is 13.6 Å². The number of alkyl halides is 2. The molecule has 4 nitrogen and oxygen atoms in total. The predicted molar refractivity (Wildman–Crippen MR) is 69.8 cm³/mol. The van der Waals surface area contributed by atoms with Crippen LogP contribution in [-0.2, 0) is 9.53 Å². The van der Waals surface area contributed by atoms with E-state index in [4.69, 9.17) is 4.74 Å². The fraction of sp³-hybridized carbons (Fsp3) is 0.917. The second kappa shape index (κ2) is 6.81. The van der Waals surface area contributed by atoms with Gasteiger partial charge in [-0.05, 0) is 18.8 Å². The molecule has 19 heavy (non-hydrogen) atoms. The van der Waals surface area contributed by atoms with E-state index in [0.29, 0.717) is 25.6 Å². The zero-order chi connectivity index (χ0) is 13.2. The third-order valence-electron chi connectivity index (χ3n) is 3.74. The Hall–Kier alpha value is -0.460. The van der Waals surface area contributed by atoms with Crippen molar-refractivity contribution < 1.29 is 18.3 Å². The van der Waals surface area contributed by atoms with Crippen LogP contribution in [0.5, 0.6) is 0 Å². The lowest BCUT2D eigenvalue weighted by molar-refractivity contribution is -0.135. The van der Waals surface area contributed by atoms with Gasteiger partial charge in [0.05, 0.1) is 12.6 Å². The number of hydrogen-bond donors (Lipinski definition) is 1. The summed E-state index contributed by atoms with van der Waals surface area (Å²) < 4.78 is 31.2. The molecule has 2 saturated heterocycles. The molecule has 1 amide bonds. The highest BCUT2D eigenvalue weighted by Gasteiger charge is 2.43. The van der Waals surface area contributed by atoms with Crippen LogP contribution in [0.2, 0.25) is 0 Å². The van der Waals surface area contributed by atoms with Crippen molar-refractivity contribution in [3.63, 3.8) is 0 Å². The molecule has 0 saturated carbocycles. The molecule has 1 N–H and O–H groups in total. The van der Waals surface area contributed by atoms with Crippen LogP contribution in [0.4, 0.5) is 8.78 Å². The van der Waals surface area contributed by atoms with Crippen molar-refractivity contribution in [1.29, 1.82) is 0 Å². The molecule has 2 fully saturated rings. The summed E-state index contributed by atoms with van der Waals surface area (Å²) in [6.07, 6.45) is 1.41. The maximum absolute atomic E-state index is 13.0. The summed E-state index contributed by atoms with van der Waals surface area (Å²) in [5.74, 6) is -2.44. The number of nitrogens with one attached hydrogen (secondary N) is 1. The van der Waals surface area contributed by atoms with Crippen LogP contribution < -0.4 is 5.32 Å². The SMILES string of the molecule is COCC1CCN(C(=O)C2CC(F)(F)CN2)CC1.Cl. The highest BCUT2D eigenvalue weighted by atomic mass is 35.5. The van der Waals surface area contributed by atoms with Gasteiger partial charge in [-0.1, -0.05) is 0 Å². The van der Waals surface area contributed by atoms with Crippen LogP contribution in [-0.4, -0.2) is 56.1 Å². The first-order valence-corrected chi connectivity index (χ1v) is 6.41. The molecule has 0 bridgehead atoms. The molecule has 2 rings (SSSR count). The van der Waals surface area contributed by atoms with E-state index in [-0.39, 0.29) is 31.3 Å². The summed E-state index contributed by atoms with van der Waals surface area (Å²) in [7, 11) is 1.67. The standard InChI is InChI=1S/C12H20F2N2O2.ClH/c1-18-7-9-2-4-16(5-3-9)11(17)10-6-12(13,14)8-15-10;/h9-10,15H,2-8H2,1H3;1H. The van der Waals surface area contributed by atoms with Gasteiger partial charge in [0.1, 0.15) is 0 Å². The van der Waals surface area contributed by atoms with Crippen LogP contribution in [0.15, 0.2) is 0 Å². The minimum atomic E-state index is -2.74. The van der Waals surface area contributed by atoms with Crippen molar-refractivity contribution in [2.75, 3.05) is 33.4 Å². The molecule has 2 heterocycles. The molecule has 0 aromatic carbocycles. The predicted octanol–water partition coefficient (Wildman–Crippen LogP) is 1.29. The van der Waals surface area contributed by atoms with E-state index >= 15 is 0 Å². The largest absolute Gasteiger partial charge is 0.384 e. The third kappa shape index (κ3) is 4.26. The maximum atomic E-state index is 13.0. The normalized spacial score (nSPS) is 27.1. The molecule has 0 radical (unpaired) electrons. The number of nitrogens with zero attached hydrogens (tertiary/aromatic N) is 1. The number of methoxy groups -OCH3 is 1. The summed E-state index contributed by atoms with van der Waals surface area (Å²) in [5, 5.41) is 2.61. The molecule has 1 unspecified atom stereocenters. The molecule has 2 aliphatic rings. The zero-order valence-corrected chi connectivity index (χ0v) is 11.8. The van der Waals surface area contributed by atoms with E-state index in [1.165, 1.54) is 0 Å². The van der Waals surface area contributed by atoms with Gasteiger partial charge in [0.25, 0.3) is 5.92 Å². The number of likely N-dealkylation sites (tertiary alicyclic amines) is 1. The maximum Gasteiger partial charge on any atom is 0.262 e. The van der Waals surface area contributed by atoms with Gasteiger partial charge in [-0.25, -0.2) is 8.78 Å². The number of carbonyl (C=O) groups excluding carboxylic acids is 1. The van der Waals surface area contributed by atoms with Crippen LogP contribution >= 0.6 is 12.4 Å². The molecule has 0 aromatic heterocycles. The van der Waals surface area contributed by atoms with E-state index < -0.39 is 12.0 Å². The Morgan fingerprint density at radius 2 is 2.05 bits per heavy atom. The van der Waals surface area contributed by atoms with Gasteiger partial charge < -0.3 is 9.64 Å². The molecular formula is C12H21ClF2N2O2. The van der Waals surface area contributed by atoms with Crippen molar-refractivity contribution in [2.45, 2.75) is 31.2 Å². The first kappa shape index (κ1) is 16.6. The second-order valence-corrected chi connectivity index (χ2v) is 5.22. The van der Waals surface area contributed by atoms with E-state index in [2.05, 4.69) is 5.32 Å². The lowest BCUT2D eigenvalue weighted by Gasteiger charge is -2.33. The number of amides is 1. The molecule has 112 valence electrons. The Labute approximate surface area is 118 Å². The molecule has 7 heteroatoms. The van der Waals surface area contributed by atoms with Gasteiger partial charge in [-0.3, -0.25) is 10.1 Å². The van der Waals surface area contributed by atoms with Crippen LogP contribution in [0.3, 0.4) is 0 Å². The Balaban J connectivity index is 0.00000180. The lowest BCUT2D eigenvalue weighted by Crippen LogP contribution is -2.47. The van der Waals surface area contributed by atoms with Crippen molar-refractivity contribution >= 4 is 18.3 Å². The van der Waals surface area contributed by atoms with Gasteiger partial charge in [-0.2, -0.15) is 0 Å². The average molecular weight is 299 g/mol. The van der Waals surface area contributed by atoms with Crippen LogP contribution in [0.1, 0.15) is 19.3 Å². The smallest absolute Gasteiger partial charge is 0.262 e. The number of rotatable bonds is 3. The molecule has 0 aliphatic carbocycles. The highest BCUT2D eigenvalue weighted by molar-refractivity contribution is 5.85. The highest BCUT2D eigenvalue weighted by Crippen LogP contribution is 2.27. The summed E-state index contributed by atoms with van der Waals surface area (Å²) >= 11 is 0. The van der Waals surface area contributed by atoms with Gasteiger partial charge in [0, 0.05) is 33.2 Å². The second-order valence-electron chi connectivity index (χ2n) is 5.22. The Bertz CT molecular complexity index is 310. The Morgan fingerprint density at radius 1 is 1.42 bits per heavy atom. The van der Waals surface area contributed by atoms with E-state index in [1.54, 1.807) is 12.0 Å². The first-order chi connectivity index (χ1) is 8.52. The van der Waals surface area contributed by atoms with Crippen molar-refractivity contribution in [3.8, 4) is 0 Å². The molecule has 0 spiro atoms. The number of carbonyl (C=O) groups is 1. The minimum absolute atomic E-state index is 0. The van der Waals surface area contributed by atoms with Crippen molar-refractivity contribution in [1.82, 2.24) is 10.2 Å². The van der Waals surface area contributed by atoms with Gasteiger partial charge >= 0.3 is 0 Å². The topological polar surface area (TPSA) is 41.6 Å². The van der Waals surface area contributed by atoms with Crippen molar-refractivity contribution in [2.24, 2.45) is 5.92 Å². The van der Waals surface area contributed by atoms with Crippen molar-refractivity contribution in [3.05, 3.63) is 0 Å². The first-order valence-electron chi connectivity index (χ1n) is 6.41. The summed E-state index contributed by atoms with van der Waals surface area (Å²) in [6.45, 7) is 1.62. The lowest BCUT2D eigenvalue weighted by atomic mass is 9.97. The minimum Gasteiger partial charge on any atom is -0.384 e. The Morgan fingerprint density at radius 3 is 2.53 bits per heavy atom. The summed E-state index contributed by atoms with van der Waals surface area (Å²) in [4.78, 5) is 13.8. The van der Waals surface area contributed by atoms with Gasteiger partial charge in [0.15, 0.2) is 0 Å². The fourth-order valence-corrected chi connectivity index (χ4v) is 2.67. The summed E-state index contributed by atoms with van der Waals surface area (Å²) in [5.41, 5.74) is 0. The molecule has 2 aliphatic heterocycles. The van der Waals surface area contributed by atoms with Gasteiger partial charge in [0.2, 0.25) is 5.91 Å². The zero-order valence-electron chi connectivity index (χ0n) is 11.0. The summed E-state index contributed by atoms with van der Waals surface area (Å²) in [6, 6.07) is -0.709. The number of piperidine rings is 1. The fourth-order valence-electron chi connectivity index (χ4n) is 2.67. The quantitative estimate of drug-likeness (QED) is 0.854. The van der Waals surface area contributed by atoms with Crippen LogP contribution in [0.25, 0.3) is 0 Å². The Kier molecular flexibility index (Phi) is 5.95. The molecule has 1 atom stereocenters. The number of hydrogen-bond acceptors (Lipinski definition) is 3. The van der Waals surface area contributed by atoms with Gasteiger partial charge in [-0.15, -0.1) is 12.4 Å². The monoisotopic (exact) mass is 298 g/mol. The molecular weight excluding hydrogens is 278 g/mol. The van der Waals surface area contributed by atoms with Crippen LogP contribution in [0, 0.1) is 5.92 Å². The van der Waals surface area contributed by atoms with E-state index in [1.807, 2.05) is 0 Å². The molecule has 0 aromatic rings. The average Bonchev–Trinajstić information content (AvgIpc) is 2.70. The number of halogens is 3. The third-order valence-corrected chi connectivity index (χ3v) is 3.74.